The Kier molecular flexibility index (Phi) is 9.61. The van der Waals surface area contributed by atoms with Crippen molar-refractivity contribution in [3.63, 3.8) is 0 Å². The highest BCUT2D eigenvalue weighted by Crippen LogP contribution is 2.33. The van der Waals surface area contributed by atoms with Gasteiger partial charge in [0, 0.05) is 5.92 Å². The molecule has 0 saturated carbocycles. The summed E-state index contributed by atoms with van der Waals surface area (Å²) in [5, 5.41) is 0. The molecule has 0 bridgehead atoms. The van der Waals surface area contributed by atoms with E-state index in [2.05, 4.69) is 108 Å². The Morgan fingerprint density at radius 1 is 1.27 bits per heavy atom. The summed E-state index contributed by atoms with van der Waals surface area (Å²) in [6.07, 6.45) is 21.9. The van der Waals surface area contributed by atoms with Gasteiger partial charge in [-0.2, -0.15) is 0 Å². The number of benzene rings is 1. The van der Waals surface area contributed by atoms with E-state index in [1.165, 1.54) is 33.4 Å². The second-order valence-corrected chi connectivity index (χ2v) is 8.46. The minimum Gasteiger partial charge on any atom is -0.103 e. The van der Waals surface area contributed by atoms with Crippen molar-refractivity contribution in [3.8, 4) is 0 Å². The van der Waals surface area contributed by atoms with Crippen LogP contribution in [-0.4, -0.2) is 0 Å². The summed E-state index contributed by atoms with van der Waals surface area (Å²) in [4.78, 5) is 0. The lowest BCUT2D eigenvalue weighted by Gasteiger charge is -2.20. The maximum Gasteiger partial charge on any atom is 0.00121 e. The Morgan fingerprint density at radius 2 is 2.07 bits per heavy atom. The number of rotatable bonds is 9. The predicted molar refractivity (Wildman–Crippen MR) is 135 cm³/mol. The molecule has 158 valence electrons. The summed E-state index contributed by atoms with van der Waals surface area (Å²) in [6, 6.07) is 8.82. The number of allylic oxidation sites excluding steroid dienone is 12. The summed E-state index contributed by atoms with van der Waals surface area (Å²) in [7, 11) is 0. The van der Waals surface area contributed by atoms with Gasteiger partial charge in [0.15, 0.2) is 0 Å². The number of aryl methyl sites for hydroxylation is 1. The molecule has 1 aromatic rings. The van der Waals surface area contributed by atoms with Crippen LogP contribution in [0.3, 0.4) is 0 Å². The average molecular weight is 399 g/mol. The molecule has 0 N–H and O–H groups in total. The van der Waals surface area contributed by atoms with Crippen LogP contribution in [-0.2, 0) is 0 Å². The monoisotopic (exact) mass is 398 g/mol. The molecule has 0 aromatic heterocycles. The number of hydrogen-bond acceptors (Lipinski definition) is 0. The molecular formula is C30H38. The molecule has 0 nitrogen and oxygen atoms in total. The van der Waals surface area contributed by atoms with Gasteiger partial charge in [0.1, 0.15) is 0 Å². The topological polar surface area (TPSA) is 0 Å². The largest absolute Gasteiger partial charge is 0.103 e. The van der Waals surface area contributed by atoms with Crippen LogP contribution in [0.4, 0.5) is 0 Å². The molecule has 1 unspecified atom stereocenters. The van der Waals surface area contributed by atoms with Crippen LogP contribution in [0.25, 0.3) is 5.57 Å². The highest BCUT2D eigenvalue weighted by molar-refractivity contribution is 5.75. The normalized spacial score (nSPS) is 18.7. The maximum absolute atomic E-state index is 4.32. The van der Waals surface area contributed by atoms with Gasteiger partial charge in [-0.05, 0) is 67.7 Å². The first-order chi connectivity index (χ1) is 14.5. The quantitative estimate of drug-likeness (QED) is 0.287. The molecule has 0 heteroatoms. The highest BCUT2D eigenvalue weighted by Gasteiger charge is 2.18. The first-order valence-electron chi connectivity index (χ1n) is 11.2. The molecule has 2 rings (SSSR count). The first-order valence-corrected chi connectivity index (χ1v) is 11.2. The molecular weight excluding hydrogens is 360 g/mol. The molecule has 1 aliphatic carbocycles. The van der Waals surface area contributed by atoms with E-state index >= 15 is 0 Å². The van der Waals surface area contributed by atoms with Crippen molar-refractivity contribution in [3.05, 3.63) is 114 Å². The van der Waals surface area contributed by atoms with Gasteiger partial charge in [-0.1, -0.05) is 104 Å². The van der Waals surface area contributed by atoms with E-state index in [0.717, 1.165) is 25.7 Å². The fourth-order valence-corrected chi connectivity index (χ4v) is 3.96. The van der Waals surface area contributed by atoms with Gasteiger partial charge in [0.05, 0.1) is 0 Å². The SMILES string of the molecule is C=CCC=CC(=CC)C(=C)CCC=C1CC=CC(c2cccc(C)c2)=CC1C(C)C. The zero-order chi connectivity index (χ0) is 21.9. The maximum atomic E-state index is 4.32. The highest BCUT2D eigenvalue weighted by atomic mass is 14.2. The van der Waals surface area contributed by atoms with Gasteiger partial charge < -0.3 is 0 Å². The Bertz CT molecular complexity index is 880. The van der Waals surface area contributed by atoms with Crippen LogP contribution in [0.5, 0.6) is 0 Å². The first kappa shape index (κ1) is 23.7. The van der Waals surface area contributed by atoms with Crippen molar-refractivity contribution >= 4 is 5.57 Å². The van der Waals surface area contributed by atoms with Crippen molar-refractivity contribution in [1.82, 2.24) is 0 Å². The fourth-order valence-electron chi connectivity index (χ4n) is 3.96. The van der Waals surface area contributed by atoms with E-state index in [-0.39, 0.29) is 0 Å². The average Bonchev–Trinajstić information content (AvgIpc) is 2.94. The van der Waals surface area contributed by atoms with Crippen molar-refractivity contribution < 1.29 is 0 Å². The smallest absolute Gasteiger partial charge is 0.00121 e. The molecule has 0 spiro atoms. The van der Waals surface area contributed by atoms with Crippen LogP contribution in [0.1, 0.15) is 57.6 Å². The van der Waals surface area contributed by atoms with Gasteiger partial charge in [-0.15, -0.1) is 6.58 Å². The van der Waals surface area contributed by atoms with Crippen LogP contribution < -0.4 is 0 Å². The van der Waals surface area contributed by atoms with Crippen LogP contribution in [0, 0.1) is 18.8 Å². The van der Waals surface area contributed by atoms with Crippen LogP contribution in [0.2, 0.25) is 0 Å². The number of hydrogen-bond donors (Lipinski definition) is 0. The van der Waals surface area contributed by atoms with Crippen molar-refractivity contribution in [2.75, 3.05) is 0 Å². The van der Waals surface area contributed by atoms with E-state index in [1.54, 1.807) is 0 Å². The zero-order valence-corrected chi connectivity index (χ0v) is 19.3. The summed E-state index contributed by atoms with van der Waals surface area (Å²) in [5.74, 6) is 1.05. The van der Waals surface area contributed by atoms with E-state index in [1.807, 2.05) is 6.08 Å². The van der Waals surface area contributed by atoms with E-state index in [0.29, 0.717) is 11.8 Å². The fraction of sp³-hybridized carbons (Fsp3) is 0.333. The zero-order valence-electron chi connectivity index (χ0n) is 19.3. The molecule has 0 fully saturated rings. The van der Waals surface area contributed by atoms with Crippen molar-refractivity contribution in [1.29, 1.82) is 0 Å². The third-order valence-electron chi connectivity index (χ3n) is 5.68. The molecule has 0 amide bonds. The summed E-state index contributed by atoms with van der Waals surface area (Å²) >= 11 is 0. The summed E-state index contributed by atoms with van der Waals surface area (Å²) in [5.41, 5.74) is 7.93. The van der Waals surface area contributed by atoms with E-state index in [9.17, 15) is 0 Å². The third-order valence-corrected chi connectivity index (χ3v) is 5.68. The van der Waals surface area contributed by atoms with Gasteiger partial charge in [0.25, 0.3) is 0 Å². The Hall–Kier alpha value is -2.60. The van der Waals surface area contributed by atoms with Crippen molar-refractivity contribution in [2.24, 2.45) is 11.8 Å². The standard InChI is InChI=1S/C30H38/c1-7-9-10-16-26(8-2)25(6)15-12-17-27-18-13-20-29(22-30(27)23(3)4)28-19-11-14-24(5)21-28/h7-8,10-11,13-14,16-17,19-23,30H,1,6,9,12,15,18H2,2-5H3. The van der Waals surface area contributed by atoms with Gasteiger partial charge in [0.2, 0.25) is 0 Å². The van der Waals surface area contributed by atoms with Gasteiger partial charge in [-0.25, -0.2) is 0 Å². The Balaban J connectivity index is 2.14. The summed E-state index contributed by atoms with van der Waals surface area (Å²) < 4.78 is 0. The van der Waals surface area contributed by atoms with Gasteiger partial charge in [-0.3, -0.25) is 0 Å². The molecule has 0 aliphatic heterocycles. The van der Waals surface area contributed by atoms with Crippen LogP contribution in [0.15, 0.2) is 103 Å². The minimum absolute atomic E-state index is 0.470. The van der Waals surface area contributed by atoms with E-state index in [4.69, 9.17) is 0 Å². The third kappa shape index (κ3) is 7.02. The lowest BCUT2D eigenvalue weighted by atomic mass is 9.84. The molecule has 30 heavy (non-hydrogen) atoms. The second kappa shape index (κ2) is 12.2. The van der Waals surface area contributed by atoms with Crippen molar-refractivity contribution in [2.45, 2.75) is 53.4 Å². The molecule has 0 saturated heterocycles. The Labute approximate surface area is 184 Å². The Morgan fingerprint density at radius 3 is 2.73 bits per heavy atom. The predicted octanol–water partition coefficient (Wildman–Crippen LogP) is 8.95. The molecule has 1 aromatic carbocycles. The lowest BCUT2D eigenvalue weighted by molar-refractivity contribution is 0.519. The molecule has 1 aliphatic rings. The molecule has 1 atom stereocenters. The second-order valence-electron chi connectivity index (χ2n) is 8.46. The van der Waals surface area contributed by atoms with Crippen LogP contribution >= 0.6 is 0 Å². The van der Waals surface area contributed by atoms with Gasteiger partial charge >= 0.3 is 0 Å². The lowest BCUT2D eigenvalue weighted by Crippen LogP contribution is -2.09. The summed E-state index contributed by atoms with van der Waals surface area (Å²) in [6.45, 7) is 17.0. The molecule has 0 heterocycles. The minimum atomic E-state index is 0.470. The van der Waals surface area contributed by atoms with E-state index < -0.39 is 0 Å². The molecule has 0 radical (unpaired) electrons.